The lowest BCUT2D eigenvalue weighted by atomic mass is 10.1. The first-order valence-electron chi connectivity index (χ1n) is 4.14. The molecule has 0 atom stereocenters. The van der Waals surface area contributed by atoms with Crippen LogP contribution in [0.2, 0.25) is 0 Å². The van der Waals surface area contributed by atoms with Crippen LogP contribution in [0, 0.1) is 0 Å². The molecule has 0 aromatic heterocycles. The van der Waals surface area contributed by atoms with E-state index >= 15 is 0 Å². The SMILES string of the molecule is COC(=O)c1ccc(C(=O)C=C=[N-])cc1. The van der Waals surface area contributed by atoms with Gasteiger partial charge < -0.3 is 10.1 Å². The minimum absolute atomic E-state index is 0.365. The summed E-state index contributed by atoms with van der Waals surface area (Å²) in [7, 11) is 1.28. The predicted octanol–water partition coefficient (Wildman–Crippen LogP) is 1.45. The molecule has 0 aliphatic heterocycles. The van der Waals surface area contributed by atoms with Gasteiger partial charge in [0.15, 0.2) is 5.78 Å². The van der Waals surface area contributed by atoms with E-state index < -0.39 is 5.97 Å². The topological polar surface area (TPSA) is 65.7 Å². The number of hydrogen-bond acceptors (Lipinski definition) is 3. The Bertz CT molecular complexity index is 428. The monoisotopic (exact) mass is 202 g/mol. The molecular formula is C11H8NO3-. The van der Waals surface area contributed by atoms with Crippen LogP contribution in [-0.4, -0.2) is 24.7 Å². The lowest BCUT2D eigenvalue weighted by Crippen LogP contribution is -2.02. The first-order chi connectivity index (χ1) is 7.19. The lowest BCUT2D eigenvalue weighted by Gasteiger charge is -1.99. The van der Waals surface area contributed by atoms with Crippen molar-refractivity contribution in [2.75, 3.05) is 7.11 Å². The number of ketones is 1. The van der Waals surface area contributed by atoms with Crippen LogP contribution in [0.25, 0.3) is 5.41 Å². The summed E-state index contributed by atoms with van der Waals surface area (Å²) in [5.41, 5.74) is 0.732. The number of methoxy groups -OCH3 is 1. The third-order valence-corrected chi connectivity index (χ3v) is 1.79. The third-order valence-electron chi connectivity index (χ3n) is 1.79. The maximum Gasteiger partial charge on any atom is 0.337 e. The van der Waals surface area contributed by atoms with Gasteiger partial charge in [0, 0.05) is 11.6 Å². The molecule has 0 saturated carbocycles. The van der Waals surface area contributed by atoms with E-state index in [-0.39, 0.29) is 5.78 Å². The van der Waals surface area contributed by atoms with Gasteiger partial charge in [-0.15, -0.1) is 0 Å². The third kappa shape index (κ3) is 2.62. The van der Waals surface area contributed by atoms with Crippen molar-refractivity contribution in [1.82, 2.24) is 0 Å². The van der Waals surface area contributed by atoms with Gasteiger partial charge in [-0.05, 0) is 12.1 Å². The Balaban J connectivity index is 2.94. The van der Waals surface area contributed by atoms with Gasteiger partial charge in [-0.1, -0.05) is 12.1 Å². The van der Waals surface area contributed by atoms with Crippen LogP contribution in [0.3, 0.4) is 0 Å². The fraction of sp³-hybridized carbons (Fsp3) is 0.0909. The Kier molecular flexibility index (Phi) is 3.55. The molecular weight excluding hydrogens is 194 g/mol. The van der Waals surface area contributed by atoms with Gasteiger partial charge in [-0.3, -0.25) is 10.7 Å². The molecule has 0 unspecified atom stereocenters. The maximum atomic E-state index is 11.2. The van der Waals surface area contributed by atoms with E-state index in [1.54, 1.807) is 5.87 Å². The first-order valence-corrected chi connectivity index (χ1v) is 4.14. The van der Waals surface area contributed by atoms with E-state index in [1.807, 2.05) is 0 Å². The van der Waals surface area contributed by atoms with Gasteiger partial charge in [0.25, 0.3) is 0 Å². The summed E-state index contributed by atoms with van der Waals surface area (Å²) in [6, 6.07) is 5.90. The highest BCUT2D eigenvalue weighted by molar-refractivity contribution is 6.09. The predicted molar refractivity (Wildman–Crippen MR) is 55.0 cm³/mol. The highest BCUT2D eigenvalue weighted by atomic mass is 16.5. The average molecular weight is 202 g/mol. The zero-order valence-electron chi connectivity index (χ0n) is 8.06. The second-order valence-corrected chi connectivity index (χ2v) is 2.71. The number of allylic oxidation sites excluding steroid dienone is 1. The Morgan fingerprint density at radius 2 is 1.80 bits per heavy atom. The van der Waals surface area contributed by atoms with E-state index in [2.05, 4.69) is 4.74 Å². The summed E-state index contributed by atoms with van der Waals surface area (Å²) >= 11 is 0. The number of esters is 1. The van der Waals surface area contributed by atoms with Gasteiger partial charge in [0.05, 0.1) is 12.7 Å². The molecule has 4 nitrogen and oxygen atoms in total. The minimum atomic E-state index is -0.460. The van der Waals surface area contributed by atoms with Crippen LogP contribution in [0.15, 0.2) is 30.3 Å². The van der Waals surface area contributed by atoms with Crippen LogP contribution in [0.5, 0.6) is 0 Å². The summed E-state index contributed by atoms with van der Waals surface area (Å²) in [4.78, 5) is 22.3. The summed E-state index contributed by atoms with van der Waals surface area (Å²) < 4.78 is 4.50. The number of carbonyl (C=O) groups is 2. The Labute approximate surface area is 86.7 Å². The lowest BCUT2D eigenvalue weighted by molar-refractivity contribution is 0.0600. The highest BCUT2D eigenvalue weighted by Crippen LogP contribution is 2.06. The molecule has 0 bridgehead atoms. The second kappa shape index (κ2) is 4.88. The van der Waals surface area contributed by atoms with Gasteiger partial charge >= 0.3 is 5.97 Å². The van der Waals surface area contributed by atoms with Crippen molar-refractivity contribution in [3.8, 4) is 0 Å². The Hall–Kier alpha value is -2.19. The second-order valence-electron chi connectivity index (χ2n) is 2.71. The molecule has 1 aromatic carbocycles. The Morgan fingerprint density at radius 1 is 1.27 bits per heavy atom. The van der Waals surface area contributed by atoms with Gasteiger partial charge in [-0.25, -0.2) is 4.79 Å². The van der Waals surface area contributed by atoms with Crippen molar-refractivity contribution in [2.24, 2.45) is 0 Å². The molecule has 0 aliphatic carbocycles. The van der Waals surface area contributed by atoms with Crippen molar-refractivity contribution in [3.05, 3.63) is 46.9 Å². The smallest absolute Gasteiger partial charge is 0.337 e. The molecule has 0 spiro atoms. The van der Waals surface area contributed by atoms with E-state index in [9.17, 15) is 9.59 Å². The van der Waals surface area contributed by atoms with Crippen molar-refractivity contribution in [1.29, 1.82) is 0 Å². The number of rotatable bonds is 3. The molecule has 0 heterocycles. The molecule has 0 aliphatic rings. The van der Waals surface area contributed by atoms with Crippen molar-refractivity contribution in [2.45, 2.75) is 0 Å². The van der Waals surface area contributed by atoms with Crippen molar-refractivity contribution < 1.29 is 14.3 Å². The van der Waals surface area contributed by atoms with Crippen LogP contribution in [0.1, 0.15) is 20.7 Å². The maximum absolute atomic E-state index is 11.2. The Morgan fingerprint density at radius 3 is 2.27 bits per heavy atom. The highest BCUT2D eigenvalue weighted by Gasteiger charge is 2.06. The van der Waals surface area contributed by atoms with Crippen LogP contribution in [-0.2, 0) is 4.74 Å². The summed E-state index contributed by atoms with van der Waals surface area (Å²) in [5.74, 6) is 0.808. The first kappa shape index (κ1) is 10.9. The number of nitrogens with zero attached hydrogens (tertiary/aromatic N) is 1. The fourth-order valence-corrected chi connectivity index (χ4v) is 1.03. The number of carbonyl (C=O) groups excluding carboxylic acids is 2. The van der Waals surface area contributed by atoms with Gasteiger partial charge in [0.2, 0.25) is 0 Å². The zero-order chi connectivity index (χ0) is 11.3. The van der Waals surface area contributed by atoms with Crippen molar-refractivity contribution in [3.63, 3.8) is 0 Å². The quantitative estimate of drug-likeness (QED) is 0.322. The molecule has 0 N–H and O–H groups in total. The normalized spacial score (nSPS) is 8.87. The molecule has 15 heavy (non-hydrogen) atoms. The molecule has 0 saturated heterocycles. The number of hydrogen-bond donors (Lipinski definition) is 0. The number of benzene rings is 1. The zero-order valence-corrected chi connectivity index (χ0v) is 8.06. The molecule has 1 aromatic rings. The van der Waals surface area contributed by atoms with Crippen LogP contribution in [0.4, 0.5) is 0 Å². The molecule has 1 rings (SSSR count). The van der Waals surface area contributed by atoms with Crippen molar-refractivity contribution >= 4 is 17.6 Å². The average Bonchev–Trinajstić information content (AvgIpc) is 2.28. The molecule has 0 amide bonds. The summed E-state index contributed by atoms with van der Waals surface area (Å²) in [6.07, 6.45) is 0.910. The van der Waals surface area contributed by atoms with E-state index in [1.165, 1.54) is 31.4 Å². The molecule has 76 valence electrons. The van der Waals surface area contributed by atoms with E-state index in [4.69, 9.17) is 5.41 Å². The van der Waals surface area contributed by atoms with Crippen LogP contribution < -0.4 is 0 Å². The van der Waals surface area contributed by atoms with Gasteiger partial charge in [0.1, 0.15) is 0 Å². The largest absolute Gasteiger partial charge is 0.763 e. The van der Waals surface area contributed by atoms with Crippen LogP contribution >= 0.6 is 0 Å². The standard InChI is InChI=1S/C11H8NO3/c1-15-11(14)9-4-2-8(3-5-9)10(13)6-7-12/h2-6H,1H3/q-1. The fourth-order valence-electron chi connectivity index (χ4n) is 1.03. The number of ether oxygens (including phenoxy) is 1. The van der Waals surface area contributed by atoms with Gasteiger partial charge in [-0.2, -0.15) is 0 Å². The molecule has 0 radical (unpaired) electrons. The molecule has 0 fully saturated rings. The van der Waals surface area contributed by atoms with E-state index in [0.29, 0.717) is 11.1 Å². The van der Waals surface area contributed by atoms with E-state index in [0.717, 1.165) is 6.08 Å². The summed E-state index contributed by atoms with van der Waals surface area (Å²) in [6.45, 7) is 0. The summed E-state index contributed by atoms with van der Waals surface area (Å²) in [5, 5.41) is 8.28. The minimum Gasteiger partial charge on any atom is -0.763 e. The molecule has 4 heteroatoms.